The number of amides is 4. The van der Waals surface area contributed by atoms with Gasteiger partial charge in [0.25, 0.3) is 0 Å². The molecule has 1 saturated heterocycles. The molecule has 12 atom stereocenters. The van der Waals surface area contributed by atoms with Gasteiger partial charge in [0.2, 0.25) is 17.7 Å². The maximum absolute atomic E-state index is 14.7. The molecule has 1 aliphatic carbocycles. The van der Waals surface area contributed by atoms with Crippen LogP contribution in [0.3, 0.4) is 0 Å². The van der Waals surface area contributed by atoms with E-state index in [2.05, 4.69) is 5.32 Å². The molecule has 15 nitrogen and oxygen atoms in total. The van der Waals surface area contributed by atoms with Crippen LogP contribution in [0, 0.1) is 29.6 Å². The zero-order valence-electron chi connectivity index (χ0n) is 43.5. The van der Waals surface area contributed by atoms with Gasteiger partial charge in [-0.3, -0.25) is 24.0 Å². The molecular weight excluding hydrogens is 869 g/mol. The highest BCUT2D eigenvalue weighted by molar-refractivity contribution is 5.92. The highest BCUT2D eigenvalue weighted by Crippen LogP contribution is 2.32. The molecule has 15 heteroatoms. The number of rotatable bonds is 26. The normalized spacial score (nSPS) is 22.1. The number of likely N-dealkylation sites (N-methyl/N-ethyl adjacent to an activating group) is 2. The van der Waals surface area contributed by atoms with Crippen molar-refractivity contribution in [1.29, 1.82) is 0 Å². The van der Waals surface area contributed by atoms with Crippen LogP contribution in [-0.4, -0.2) is 145 Å². The van der Waals surface area contributed by atoms with E-state index in [-0.39, 0.29) is 78.6 Å². The largest absolute Gasteiger partial charge is 0.442 e. The maximum atomic E-state index is 14.7. The summed E-state index contributed by atoms with van der Waals surface area (Å²) in [6.45, 7) is 17.5. The van der Waals surface area contributed by atoms with Crippen LogP contribution in [0.4, 0.5) is 4.79 Å². The first kappa shape index (κ1) is 58.1. The number of aliphatic hydroxyl groups excluding tert-OH is 1. The predicted octanol–water partition coefficient (Wildman–Crippen LogP) is 7.33. The fourth-order valence-corrected chi connectivity index (χ4v) is 9.95. The highest BCUT2D eigenvalue weighted by atomic mass is 16.6. The minimum atomic E-state index is -0.903. The van der Waals surface area contributed by atoms with Crippen molar-refractivity contribution in [3.05, 3.63) is 48.0 Å². The average molecular weight is 955 g/mol. The van der Waals surface area contributed by atoms with Crippen LogP contribution >= 0.6 is 0 Å². The van der Waals surface area contributed by atoms with Gasteiger partial charge < -0.3 is 44.1 Å². The van der Waals surface area contributed by atoms with Gasteiger partial charge in [0.05, 0.1) is 60.9 Å². The van der Waals surface area contributed by atoms with E-state index >= 15 is 0 Å². The van der Waals surface area contributed by atoms with Crippen molar-refractivity contribution < 1.29 is 52.8 Å². The Bertz CT molecular complexity index is 1790. The summed E-state index contributed by atoms with van der Waals surface area (Å²) in [6.07, 6.45) is 5.40. The Morgan fingerprint density at radius 2 is 1.53 bits per heavy atom. The molecule has 0 aromatic heterocycles. The molecule has 2 unspecified atom stereocenters. The van der Waals surface area contributed by atoms with Gasteiger partial charge in [-0.1, -0.05) is 98.2 Å². The Morgan fingerprint density at radius 3 is 2.12 bits per heavy atom. The van der Waals surface area contributed by atoms with E-state index < -0.39 is 60.5 Å². The second-order valence-electron chi connectivity index (χ2n) is 19.9. The fraction of sp³-hybridized carbons (Fsp3) is 0.736. The minimum Gasteiger partial charge on any atom is -0.442 e. The van der Waals surface area contributed by atoms with Gasteiger partial charge in [-0.25, -0.2) is 4.79 Å². The van der Waals surface area contributed by atoms with Gasteiger partial charge >= 0.3 is 6.09 Å². The monoisotopic (exact) mass is 955 g/mol. The standard InChI is InChI=1S/C53H86N4O11/c1-14-35(7)48(45(65-12)31-46(60)57-29-21-28-43(57)50(66-13)36(8)51(62)54-37(9)49(61)38-22-17-16-18-23-38)55(10)52(63)42(33(3)4)30-44(59)47(34(5)6)56(11)53(64)68-41-26-19-24-40(25-20-27-41)67-32-39(58)15-2/h16-19,22-23,26,33-37,40-43,45,47-50,61H,14-15,20-21,24-25,27-32H2,1-13H3,(H,54,62)/b26-19+/t35-,36+,37+,40?,41?,42-,43-,45+,47-,48-,49+,50+/m0/s1. The van der Waals surface area contributed by atoms with Crippen LogP contribution in [-0.2, 0) is 42.9 Å². The predicted molar refractivity (Wildman–Crippen MR) is 262 cm³/mol. The number of aliphatic hydroxyl groups is 1. The van der Waals surface area contributed by atoms with Crippen molar-refractivity contribution in [1.82, 2.24) is 20.0 Å². The van der Waals surface area contributed by atoms with Crippen LogP contribution in [0.1, 0.15) is 138 Å². The molecule has 1 aromatic rings. The Morgan fingerprint density at radius 1 is 0.853 bits per heavy atom. The number of ether oxygens (including phenoxy) is 4. The third-order valence-corrected chi connectivity index (χ3v) is 14.3. The molecule has 1 fully saturated rings. The quantitative estimate of drug-likeness (QED) is 0.0888. The van der Waals surface area contributed by atoms with E-state index in [4.69, 9.17) is 18.9 Å². The summed E-state index contributed by atoms with van der Waals surface area (Å²) in [7, 11) is 6.37. The van der Waals surface area contributed by atoms with Crippen molar-refractivity contribution >= 4 is 35.4 Å². The van der Waals surface area contributed by atoms with Crippen molar-refractivity contribution in [2.75, 3.05) is 41.5 Å². The number of ketones is 2. The van der Waals surface area contributed by atoms with E-state index in [1.165, 1.54) is 4.90 Å². The molecule has 384 valence electrons. The van der Waals surface area contributed by atoms with E-state index in [1.807, 2.05) is 91.0 Å². The van der Waals surface area contributed by atoms with Gasteiger partial charge in [-0.15, -0.1) is 0 Å². The van der Waals surface area contributed by atoms with E-state index in [0.717, 1.165) is 19.3 Å². The summed E-state index contributed by atoms with van der Waals surface area (Å²) in [6, 6.07) is 6.84. The number of methoxy groups -OCH3 is 2. The maximum Gasteiger partial charge on any atom is 0.410 e. The van der Waals surface area contributed by atoms with Gasteiger partial charge in [-0.2, -0.15) is 0 Å². The van der Waals surface area contributed by atoms with Crippen LogP contribution in [0.2, 0.25) is 0 Å². The lowest BCUT2D eigenvalue weighted by atomic mass is 9.83. The molecule has 0 radical (unpaired) electrons. The summed E-state index contributed by atoms with van der Waals surface area (Å²) >= 11 is 0. The number of hydrogen-bond acceptors (Lipinski definition) is 11. The van der Waals surface area contributed by atoms with Gasteiger partial charge in [0.1, 0.15) is 12.7 Å². The first-order valence-corrected chi connectivity index (χ1v) is 25.1. The van der Waals surface area contributed by atoms with Crippen LogP contribution < -0.4 is 5.32 Å². The number of nitrogens with one attached hydrogen (secondary N) is 1. The van der Waals surface area contributed by atoms with Gasteiger partial charge in [0.15, 0.2) is 11.6 Å². The van der Waals surface area contributed by atoms with E-state index in [1.54, 1.807) is 52.0 Å². The molecule has 1 aliphatic heterocycles. The van der Waals surface area contributed by atoms with Crippen molar-refractivity contribution in [3.8, 4) is 0 Å². The number of nitrogens with zero attached hydrogens (tertiary/aromatic N) is 3. The smallest absolute Gasteiger partial charge is 0.410 e. The first-order chi connectivity index (χ1) is 32.2. The highest BCUT2D eigenvalue weighted by Gasteiger charge is 2.44. The van der Waals surface area contributed by atoms with Crippen LogP contribution in [0.15, 0.2) is 42.5 Å². The molecule has 2 N–H and O–H groups in total. The second kappa shape index (κ2) is 28.5. The summed E-state index contributed by atoms with van der Waals surface area (Å²) in [5, 5.41) is 13.9. The van der Waals surface area contributed by atoms with Crippen molar-refractivity contribution in [2.24, 2.45) is 29.6 Å². The lowest BCUT2D eigenvalue weighted by Crippen LogP contribution is -2.55. The topological polar surface area (TPSA) is 181 Å². The number of carbonyl (C=O) groups is 6. The number of carbonyl (C=O) groups excluding carboxylic acids is 6. The molecule has 0 spiro atoms. The molecule has 68 heavy (non-hydrogen) atoms. The first-order valence-electron chi connectivity index (χ1n) is 25.1. The zero-order valence-corrected chi connectivity index (χ0v) is 43.5. The Hall–Kier alpha value is -4.18. The molecule has 2 aliphatic rings. The summed E-state index contributed by atoms with van der Waals surface area (Å²) in [4.78, 5) is 87.2. The Balaban J connectivity index is 1.73. The number of hydrogen-bond donors (Lipinski definition) is 2. The van der Waals surface area contributed by atoms with E-state index in [0.29, 0.717) is 44.2 Å². The molecule has 0 saturated carbocycles. The second-order valence-corrected chi connectivity index (χ2v) is 19.9. The zero-order chi connectivity index (χ0) is 50.8. The lowest BCUT2D eigenvalue weighted by molar-refractivity contribution is -0.149. The number of likely N-dealkylation sites (tertiary alicyclic amines) is 1. The Kier molecular flexibility index (Phi) is 24.3. The van der Waals surface area contributed by atoms with Crippen molar-refractivity contribution in [2.45, 2.75) is 181 Å². The fourth-order valence-electron chi connectivity index (χ4n) is 9.95. The van der Waals surface area contributed by atoms with Gasteiger partial charge in [-0.05, 0) is 74.8 Å². The molecular formula is C53H86N4O11. The molecule has 1 aromatic carbocycles. The third-order valence-electron chi connectivity index (χ3n) is 14.3. The SMILES string of the molecule is CCC(=O)COC1C/C=C/C(OC(=O)N(C)[C@H](C(=O)C[C@H](C(=O)N(C)[C@@H]([C@@H](C)CC)[C@@H](CC(=O)N2CCC[C@H]2[C@H](OC)[C@@H](C)C(=O)N[C@H](C)[C@@H](O)c2ccccc2)OC)C(C)C)C(C)C)CCC1. The lowest BCUT2D eigenvalue weighted by Gasteiger charge is -2.41. The Labute approximate surface area is 407 Å². The summed E-state index contributed by atoms with van der Waals surface area (Å²) < 4.78 is 23.8. The molecule has 3 rings (SSSR count). The molecule has 0 bridgehead atoms. The van der Waals surface area contributed by atoms with Crippen LogP contribution in [0.25, 0.3) is 0 Å². The van der Waals surface area contributed by atoms with E-state index in [9.17, 15) is 33.9 Å². The van der Waals surface area contributed by atoms with Crippen molar-refractivity contribution in [3.63, 3.8) is 0 Å². The number of Topliss-reactive ketones (excluding diaryl/α,β-unsaturated/α-hetero) is 2. The average Bonchev–Trinajstić information content (AvgIpc) is 3.80. The van der Waals surface area contributed by atoms with Gasteiger partial charge in [0, 0.05) is 53.6 Å². The minimum absolute atomic E-state index is 0.0188. The van der Waals surface area contributed by atoms with Crippen LogP contribution in [0.5, 0.6) is 0 Å². The third kappa shape index (κ3) is 16.2. The summed E-state index contributed by atoms with van der Waals surface area (Å²) in [5.74, 6) is -2.83. The molecule has 1 heterocycles. The summed E-state index contributed by atoms with van der Waals surface area (Å²) in [5.41, 5.74) is 0.694. The molecule has 4 amide bonds. The number of benzene rings is 1.